The predicted octanol–water partition coefficient (Wildman–Crippen LogP) is 2.59. The molecule has 1 unspecified atom stereocenters. The molecule has 0 aromatic carbocycles. The summed E-state index contributed by atoms with van der Waals surface area (Å²) in [6.07, 6.45) is 14.8. The van der Waals surface area contributed by atoms with Crippen molar-refractivity contribution in [1.82, 2.24) is 5.32 Å². The summed E-state index contributed by atoms with van der Waals surface area (Å²) in [5.74, 6) is 0. The molecule has 0 aromatic heterocycles. The summed E-state index contributed by atoms with van der Waals surface area (Å²) in [6.45, 7) is 2.13. The summed E-state index contributed by atoms with van der Waals surface area (Å²) in [7, 11) is 0. The van der Waals surface area contributed by atoms with E-state index < -0.39 is 0 Å². The van der Waals surface area contributed by atoms with Crippen molar-refractivity contribution in [3.05, 3.63) is 12.2 Å². The van der Waals surface area contributed by atoms with Crippen LogP contribution in [0.25, 0.3) is 0 Å². The molecule has 0 amide bonds. The average Bonchev–Trinajstić information content (AvgIpc) is 2.24. The van der Waals surface area contributed by atoms with Crippen LogP contribution in [0.3, 0.4) is 0 Å². The maximum atomic E-state index is 6.04. The highest BCUT2D eigenvalue weighted by Crippen LogP contribution is 2.09. The van der Waals surface area contributed by atoms with Crippen LogP contribution in [0.5, 0.6) is 0 Å². The molecule has 0 saturated heterocycles. The Morgan fingerprint density at radius 3 is 2.67 bits per heavy atom. The van der Waals surface area contributed by atoms with Gasteiger partial charge in [0.15, 0.2) is 0 Å². The van der Waals surface area contributed by atoms with Gasteiger partial charge in [0.1, 0.15) is 0 Å². The molecule has 3 N–H and O–H groups in total. The molecule has 2 heteroatoms. The minimum absolute atomic E-state index is 0.435. The van der Waals surface area contributed by atoms with E-state index in [1.807, 2.05) is 0 Å². The molecule has 0 spiro atoms. The van der Waals surface area contributed by atoms with Gasteiger partial charge in [0.2, 0.25) is 0 Å². The molecule has 0 saturated carbocycles. The van der Waals surface area contributed by atoms with Crippen LogP contribution in [0.4, 0.5) is 0 Å². The lowest BCUT2D eigenvalue weighted by atomic mass is 10.0. The summed E-state index contributed by atoms with van der Waals surface area (Å²) >= 11 is 0. The largest absolute Gasteiger partial charge is 0.328 e. The Morgan fingerprint density at radius 1 is 0.933 bits per heavy atom. The molecule has 2 nitrogen and oxygen atoms in total. The third kappa shape index (κ3) is 7.57. The van der Waals surface area contributed by atoms with Crippen molar-refractivity contribution in [2.75, 3.05) is 13.1 Å². The fourth-order valence-electron chi connectivity index (χ4n) is 2.04. The first-order valence-electron chi connectivity index (χ1n) is 6.51. The van der Waals surface area contributed by atoms with E-state index in [0.717, 1.165) is 13.1 Å². The highest BCUT2D eigenvalue weighted by atomic mass is 14.8. The second kappa shape index (κ2) is 8.93. The highest BCUT2D eigenvalue weighted by Gasteiger charge is 2.02. The van der Waals surface area contributed by atoms with Crippen LogP contribution in [0.1, 0.15) is 51.4 Å². The minimum atomic E-state index is 0.435. The average molecular weight is 210 g/mol. The summed E-state index contributed by atoms with van der Waals surface area (Å²) in [5.41, 5.74) is 6.04. The molecule has 0 radical (unpaired) electrons. The summed E-state index contributed by atoms with van der Waals surface area (Å²) in [6, 6.07) is 0.435. The minimum Gasteiger partial charge on any atom is -0.328 e. The number of allylic oxidation sites excluding steroid dienone is 1. The van der Waals surface area contributed by atoms with Crippen molar-refractivity contribution >= 4 is 0 Å². The fraction of sp³-hybridized carbons (Fsp3) is 0.846. The van der Waals surface area contributed by atoms with E-state index in [1.165, 1.54) is 51.4 Å². The number of hydrogen-bond donors (Lipinski definition) is 2. The maximum absolute atomic E-state index is 6.04. The first kappa shape index (κ1) is 12.7. The van der Waals surface area contributed by atoms with Gasteiger partial charge in [-0.05, 0) is 38.6 Å². The predicted molar refractivity (Wildman–Crippen MR) is 66.9 cm³/mol. The zero-order valence-electron chi connectivity index (χ0n) is 9.88. The molecule has 0 aromatic rings. The van der Waals surface area contributed by atoms with Crippen LogP contribution >= 0.6 is 0 Å². The molecular weight excluding hydrogens is 184 g/mol. The van der Waals surface area contributed by atoms with Crippen molar-refractivity contribution in [2.24, 2.45) is 5.73 Å². The Morgan fingerprint density at radius 2 is 1.73 bits per heavy atom. The van der Waals surface area contributed by atoms with Gasteiger partial charge >= 0.3 is 0 Å². The molecule has 1 aliphatic heterocycles. The Kier molecular flexibility index (Phi) is 7.58. The molecule has 1 aliphatic rings. The van der Waals surface area contributed by atoms with Crippen molar-refractivity contribution in [3.63, 3.8) is 0 Å². The van der Waals surface area contributed by atoms with Gasteiger partial charge in [0, 0.05) is 12.6 Å². The third-order valence-corrected chi connectivity index (χ3v) is 3.05. The zero-order chi connectivity index (χ0) is 10.8. The van der Waals surface area contributed by atoms with Crippen LogP contribution in [-0.4, -0.2) is 19.1 Å². The number of rotatable bonds is 0. The molecule has 1 heterocycles. The van der Waals surface area contributed by atoms with Gasteiger partial charge in [-0.2, -0.15) is 0 Å². The lowest BCUT2D eigenvalue weighted by Gasteiger charge is -2.11. The van der Waals surface area contributed by atoms with Crippen LogP contribution < -0.4 is 11.1 Å². The molecule has 1 atom stereocenters. The zero-order valence-corrected chi connectivity index (χ0v) is 9.88. The van der Waals surface area contributed by atoms with E-state index in [4.69, 9.17) is 5.73 Å². The van der Waals surface area contributed by atoms with Gasteiger partial charge in [0.05, 0.1) is 0 Å². The maximum Gasteiger partial charge on any atom is 0.0134 e. The Labute approximate surface area is 94.3 Å². The molecule has 88 valence electrons. The van der Waals surface area contributed by atoms with Gasteiger partial charge in [0.25, 0.3) is 0 Å². The SMILES string of the molecule is NC1CCCCCCC=CCNCCC1. The van der Waals surface area contributed by atoms with Gasteiger partial charge in [-0.15, -0.1) is 0 Å². The van der Waals surface area contributed by atoms with Crippen molar-refractivity contribution < 1.29 is 0 Å². The van der Waals surface area contributed by atoms with Crippen molar-refractivity contribution in [2.45, 2.75) is 57.4 Å². The van der Waals surface area contributed by atoms with E-state index in [9.17, 15) is 0 Å². The van der Waals surface area contributed by atoms with Crippen molar-refractivity contribution in [3.8, 4) is 0 Å². The Hall–Kier alpha value is -0.340. The summed E-state index contributed by atoms with van der Waals surface area (Å²) in [5, 5.41) is 3.42. The molecular formula is C13H26N2. The second-order valence-electron chi connectivity index (χ2n) is 4.57. The van der Waals surface area contributed by atoms with E-state index in [1.54, 1.807) is 0 Å². The lowest BCUT2D eigenvalue weighted by Crippen LogP contribution is -2.23. The normalized spacial score (nSPS) is 27.1. The topological polar surface area (TPSA) is 38.0 Å². The standard InChI is InChI=1S/C13H26N2/c14-13-9-6-4-2-1-3-5-7-11-15-12-8-10-13/h5,7,13,15H,1-4,6,8-12,14H2. The van der Waals surface area contributed by atoms with Gasteiger partial charge in [-0.3, -0.25) is 0 Å². The van der Waals surface area contributed by atoms with Gasteiger partial charge in [-0.25, -0.2) is 0 Å². The summed E-state index contributed by atoms with van der Waals surface area (Å²) < 4.78 is 0. The second-order valence-corrected chi connectivity index (χ2v) is 4.57. The van der Waals surface area contributed by atoms with Crippen LogP contribution in [-0.2, 0) is 0 Å². The first-order valence-corrected chi connectivity index (χ1v) is 6.51. The Bertz CT molecular complexity index is 166. The molecule has 15 heavy (non-hydrogen) atoms. The molecule has 0 bridgehead atoms. The van der Waals surface area contributed by atoms with Crippen LogP contribution in [0, 0.1) is 0 Å². The Balaban J connectivity index is 2.18. The highest BCUT2D eigenvalue weighted by molar-refractivity contribution is 4.83. The van der Waals surface area contributed by atoms with Crippen molar-refractivity contribution in [1.29, 1.82) is 0 Å². The van der Waals surface area contributed by atoms with E-state index in [2.05, 4.69) is 17.5 Å². The molecule has 0 fully saturated rings. The third-order valence-electron chi connectivity index (χ3n) is 3.05. The van der Waals surface area contributed by atoms with Crippen LogP contribution in [0.15, 0.2) is 12.2 Å². The number of hydrogen-bond acceptors (Lipinski definition) is 2. The van der Waals surface area contributed by atoms with E-state index in [-0.39, 0.29) is 0 Å². The van der Waals surface area contributed by atoms with Gasteiger partial charge < -0.3 is 11.1 Å². The first-order chi connectivity index (χ1) is 7.39. The number of nitrogens with one attached hydrogen (secondary N) is 1. The lowest BCUT2D eigenvalue weighted by molar-refractivity contribution is 0.496. The quantitative estimate of drug-likeness (QED) is 0.603. The van der Waals surface area contributed by atoms with E-state index in [0.29, 0.717) is 6.04 Å². The molecule has 0 aliphatic carbocycles. The van der Waals surface area contributed by atoms with Gasteiger partial charge in [-0.1, -0.05) is 31.4 Å². The smallest absolute Gasteiger partial charge is 0.0134 e. The number of nitrogens with two attached hydrogens (primary N) is 1. The summed E-state index contributed by atoms with van der Waals surface area (Å²) in [4.78, 5) is 0. The molecule has 1 rings (SSSR count). The van der Waals surface area contributed by atoms with Crippen LogP contribution in [0.2, 0.25) is 0 Å². The monoisotopic (exact) mass is 210 g/mol. The van der Waals surface area contributed by atoms with E-state index >= 15 is 0 Å². The fourth-order valence-corrected chi connectivity index (χ4v) is 2.04.